The van der Waals surface area contributed by atoms with Gasteiger partial charge >= 0.3 is 6.03 Å². The summed E-state index contributed by atoms with van der Waals surface area (Å²) in [4.78, 5) is 30.5. The van der Waals surface area contributed by atoms with Crippen LogP contribution in [0.2, 0.25) is 10.0 Å². The predicted molar refractivity (Wildman–Crippen MR) is 160 cm³/mol. The number of hydrogen-bond donors (Lipinski definition) is 3. The molecule has 39 heavy (non-hydrogen) atoms. The summed E-state index contributed by atoms with van der Waals surface area (Å²) >= 11 is 12.0. The first-order chi connectivity index (χ1) is 18.8. The van der Waals surface area contributed by atoms with Gasteiger partial charge in [-0.05, 0) is 61.9 Å². The lowest BCUT2D eigenvalue weighted by Crippen LogP contribution is -2.47. The zero-order valence-electron chi connectivity index (χ0n) is 22.3. The maximum absolute atomic E-state index is 13.3. The standard InChI is InChI=1S/C29H33Cl2N5O3/c1-4-19(2)32-28(37)22-17-20(33-29(38)34-21-9-11-23(30)24(31)18-21)10-12-25(22)35-13-15-36(16-14-35)26-7-5-6-8-27(26)39-3/h5-12,17-19H,4,13-16H2,1-3H3,(H,32,37)(H2,33,34,38). The van der Waals surface area contributed by atoms with E-state index in [0.717, 1.165) is 49.7 Å². The maximum Gasteiger partial charge on any atom is 0.323 e. The minimum atomic E-state index is -0.458. The molecular formula is C29H33Cl2N5O3. The Kier molecular flexibility index (Phi) is 9.43. The molecule has 1 aliphatic rings. The van der Waals surface area contributed by atoms with Crippen LogP contribution in [0.1, 0.15) is 30.6 Å². The molecule has 0 saturated carbocycles. The van der Waals surface area contributed by atoms with Crippen LogP contribution in [0.25, 0.3) is 0 Å². The Morgan fingerprint density at radius 1 is 0.872 bits per heavy atom. The summed E-state index contributed by atoms with van der Waals surface area (Å²) in [6, 6.07) is 17.8. The van der Waals surface area contributed by atoms with Gasteiger partial charge in [0.2, 0.25) is 0 Å². The zero-order chi connectivity index (χ0) is 27.9. The van der Waals surface area contributed by atoms with Gasteiger partial charge in [0, 0.05) is 49.3 Å². The quantitative estimate of drug-likeness (QED) is 0.288. The first-order valence-electron chi connectivity index (χ1n) is 12.9. The van der Waals surface area contributed by atoms with Crippen molar-refractivity contribution in [2.24, 2.45) is 0 Å². The van der Waals surface area contributed by atoms with Crippen molar-refractivity contribution in [2.45, 2.75) is 26.3 Å². The highest BCUT2D eigenvalue weighted by Crippen LogP contribution is 2.31. The van der Waals surface area contributed by atoms with Crippen LogP contribution in [0, 0.1) is 0 Å². The molecule has 1 aliphatic heterocycles. The lowest BCUT2D eigenvalue weighted by Gasteiger charge is -2.38. The van der Waals surface area contributed by atoms with Gasteiger partial charge in [0.05, 0.1) is 28.4 Å². The van der Waals surface area contributed by atoms with Crippen LogP contribution in [0.15, 0.2) is 60.7 Å². The van der Waals surface area contributed by atoms with E-state index in [1.54, 1.807) is 37.4 Å². The smallest absolute Gasteiger partial charge is 0.323 e. The number of nitrogens with zero attached hydrogens (tertiary/aromatic N) is 2. The Bertz CT molecular complexity index is 1330. The average molecular weight is 571 g/mol. The van der Waals surface area contributed by atoms with E-state index in [1.807, 2.05) is 38.1 Å². The topological polar surface area (TPSA) is 85.9 Å². The van der Waals surface area contributed by atoms with Crippen molar-refractivity contribution in [3.63, 3.8) is 0 Å². The number of amides is 3. The number of anilines is 4. The van der Waals surface area contributed by atoms with E-state index in [9.17, 15) is 9.59 Å². The van der Waals surface area contributed by atoms with Gasteiger partial charge in [0.1, 0.15) is 5.75 Å². The molecule has 1 saturated heterocycles. The number of carbonyl (C=O) groups is 2. The summed E-state index contributed by atoms with van der Waals surface area (Å²) in [6.07, 6.45) is 0.808. The molecule has 1 atom stereocenters. The highest BCUT2D eigenvalue weighted by Gasteiger charge is 2.24. The third kappa shape index (κ3) is 7.07. The second-order valence-corrected chi connectivity index (χ2v) is 10.2. The van der Waals surface area contributed by atoms with Gasteiger partial charge in [-0.25, -0.2) is 4.79 Å². The fourth-order valence-electron chi connectivity index (χ4n) is 4.42. The Hall–Kier alpha value is -3.62. The average Bonchev–Trinajstić information content (AvgIpc) is 2.95. The third-order valence-corrected chi connectivity index (χ3v) is 7.45. The second kappa shape index (κ2) is 13.0. The summed E-state index contributed by atoms with van der Waals surface area (Å²) in [6.45, 7) is 7.00. The van der Waals surface area contributed by atoms with Crippen molar-refractivity contribution in [1.82, 2.24) is 5.32 Å². The van der Waals surface area contributed by atoms with E-state index < -0.39 is 6.03 Å². The molecule has 3 amide bonds. The molecule has 3 N–H and O–H groups in total. The molecule has 1 fully saturated rings. The minimum Gasteiger partial charge on any atom is -0.495 e. The lowest BCUT2D eigenvalue weighted by atomic mass is 10.1. The zero-order valence-corrected chi connectivity index (χ0v) is 23.8. The Morgan fingerprint density at radius 3 is 2.13 bits per heavy atom. The number of urea groups is 1. The summed E-state index contributed by atoms with van der Waals surface area (Å²) in [5, 5.41) is 9.35. The minimum absolute atomic E-state index is 0.0160. The normalized spacial score (nSPS) is 14.0. The van der Waals surface area contributed by atoms with Crippen molar-refractivity contribution in [1.29, 1.82) is 0 Å². The number of carbonyl (C=O) groups excluding carboxylic acids is 2. The molecule has 206 valence electrons. The van der Waals surface area contributed by atoms with Gasteiger partial charge in [-0.3, -0.25) is 4.79 Å². The predicted octanol–water partition coefficient (Wildman–Crippen LogP) is 6.50. The van der Waals surface area contributed by atoms with Crippen LogP contribution >= 0.6 is 23.2 Å². The van der Waals surface area contributed by atoms with E-state index in [-0.39, 0.29) is 11.9 Å². The van der Waals surface area contributed by atoms with Gasteiger partial charge < -0.3 is 30.5 Å². The van der Waals surface area contributed by atoms with Crippen LogP contribution in [0.5, 0.6) is 5.75 Å². The fraction of sp³-hybridized carbons (Fsp3) is 0.310. The number of hydrogen-bond acceptors (Lipinski definition) is 5. The molecule has 0 bridgehead atoms. The number of halogens is 2. The van der Waals surface area contributed by atoms with Crippen LogP contribution < -0.4 is 30.5 Å². The number of ether oxygens (including phenoxy) is 1. The van der Waals surface area contributed by atoms with Crippen molar-refractivity contribution < 1.29 is 14.3 Å². The Morgan fingerprint density at radius 2 is 1.49 bits per heavy atom. The van der Waals surface area contributed by atoms with Crippen LogP contribution in [-0.4, -0.2) is 51.3 Å². The van der Waals surface area contributed by atoms with Crippen LogP contribution in [0.3, 0.4) is 0 Å². The van der Waals surface area contributed by atoms with Crippen molar-refractivity contribution in [3.05, 3.63) is 76.3 Å². The lowest BCUT2D eigenvalue weighted by molar-refractivity contribution is 0.0939. The molecule has 0 aliphatic carbocycles. The number of piperazine rings is 1. The first-order valence-corrected chi connectivity index (χ1v) is 13.7. The fourth-order valence-corrected chi connectivity index (χ4v) is 4.72. The molecule has 8 nitrogen and oxygen atoms in total. The van der Waals surface area contributed by atoms with Crippen molar-refractivity contribution >= 4 is 57.9 Å². The largest absolute Gasteiger partial charge is 0.495 e. The molecule has 3 aromatic carbocycles. The van der Waals surface area contributed by atoms with Crippen molar-refractivity contribution in [2.75, 3.05) is 53.7 Å². The third-order valence-electron chi connectivity index (χ3n) is 6.71. The van der Waals surface area contributed by atoms with Crippen molar-refractivity contribution in [3.8, 4) is 5.75 Å². The molecule has 10 heteroatoms. The van der Waals surface area contributed by atoms with E-state index in [0.29, 0.717) is 27.0 Å². The van der Waals surface area contributed by atoms with E-state index >= 15 is 0 Å². The summed E-state index contributed by atoms with van der Waals surface area (Å²) in [5.41, 5.74) is 3.39. The molecule has 3 aromatic rings. The maximum atomic E-state index is 13.3. The van der Waals surface area contributed by atoms with Gasteiger partial charge in [0.15, 0.2) is 0 Å². The highest BCUT2D eigenvalue weighted by atomic mass is 35.5. The van der Waals surface area contributed by atoms with E-state index in [4.69, 9.17) is 27.9 Å². The molecular weight excluding hydrogens is 537 g/mol. The molecule has 4 rings (SSSR count). The van der Waals surface area contributed by atoms with Gasteiger partial charge in [0.25, 0.3) is 5.91 Å². The Labute approximate surface area is 239 Å². The van der Waals surface area contributed by atoms with Gasteiger partial charge in [-0.1, -0.05) is 42.3 Å². The number of rotatable bonds is 8. The van der Waals surface area contributed by atoms with E-state index in [2.05, 4.69) is 31.8 Å². The highest BCUT2D eigenvalue weighted by molar-refractivity contribution is 6.42. The number of para-hydroxylation sites is 2. The monoisotopic (exact) mass is 569 g/mol. The number of benzene rings is 3. The van der Waals surface area contributed by atoms with Gasteiger partial charge in [-0.15, -0.1) is 0 Å². The van der Waals surface area contributed by atoms with E-state index in [1.165, 1.54) is 0 Å². The number of nitrogens with one attached hydrogen (secondary N) is 3. The SMILES string of the molecule is CCC(C)NC(=O)c1cc(NC(=O)Nc2ccc(Cl)c(Cl)c2)ccc1N1CCN(c2ccccc2OC)CC1. The summed E-state index contributed by atoms with van der Waals surface area (Å²) in [5.74, 6) is 0.661. The molecule has 1 heterocycles. The molecule has 0 spiro atoms. The van der Waals surface area contributed by atoms with Gasteiger partial charge in [-0.2, -0.15) is 0 Å². The molecule has 1 unspecified atom stereocenters. The van der Waals surface area contributed by atoms with Crippen LogP contribution in [-0.2, 0) is 0 Å². The summed E-state index contributed by atoms with van der Waals surface area (Å²) < 4.78 is 5.54. The molecule has 0 aromatic heterocycles. The number of methoxy groups -OCH3 is 1. The molecule has 0 radical (unpaired) electrons. The second-order valence-electron chi connectivity index (χ2n) is 9.37. The summed E-state index contributed by atoms with van der Waals surface area (Å²) in [7, 11) is 1.68. The van der Waals surface area contributed by atoms with Crippen LogP contribution in [0.4, 0.5) is 27.5 Å². The Balaban J connectivity index is 1.52. The first kappa shape index (κ1) is 28.4.